The quantitative estimate of drug-likeness (QED) is 0.790. The van der Waals surface area contributed by atoms with Crippen LogP contribution < -0.4 is 4.74 Å². The zero-order chi connectivity index (χ0) is 14.3. The van der Waals surface area contributed by atoms with Crippen molar-refractivity contribution in [1.82, 2.24) is 9.29 Å². The normalized spacial score (nSPS) is 23.3. The van der Waals surface area contributed by atoms with Gasteiger partial charge in [-0.1, -0.05) is 20.8 Å². The largest absolute Gasteiger partial charge is 0.488 e. The van der Waals surface area contributed by atoms with Crippen LogP contribution in [0.1, 0.15) is 27.7 Å². The zero-order valence-electron chi connectivity index (χ0n) is 11.8. The Hall–Kier alpha value is -1.14. The number of hydrogen-bond acceptors (Lipinski definition) is 4. The second-order valence-electron chi connectivity index (χ2n) is 6.11. The van der Waals surface area contributed by atoms with Crippen molar-refractivity contribution in [3.05, 3.63) is 18.5 Å². The van der Waals surface area contributed by atoms with Gasteiger partial charge in [0.2, 0.25) is 10.0 Å². The van der Waals surface area contributed by atoms with Gasteiger partial charge in [-0.05, 0) is 18.4 Å². The summed E-state index contributed by atoms with van der Waals surface area (Å²) in [7, 11) is -3.54. The number of rotatable bonds is 1. The Bertz CT molecular complexity index is 563. The lowest BCUT2D eigenvalue weighted by atomic mass is 9.97. The minimum Gasteiger partial charge on any atom is -0.488 e. The molecule has 0 fully saturated rings. The van der Waals surface area contributed by atoms with Gasteiger partial charge in [-0.3, -0.25) is 4.98 Å². The van der Waals surface area contributed by atoms with Crippen LogP contribution in [0.15, 0.2) is 23.4 Å². The standard InChI is InChI=1S/C13H20N2O3S/c1-10-8-15(9-13(2,3)4)19(16,17)12-7-14-6-5-11(12)18-10/h5-7,10H,8-9H2,1-4H3. The number of ether oxygens (including phenoxy) is 1. The van der Waals surface area contributed by atoms with E-state index >= 15 is 0 Å². The fourth-order valence-electron chi connectivity index (χ4n) is 2.11. The predicted octanol–water partition coefficient (Wildman–Crippen LogP) is 1.90. The molecule has 2 heterocycles. The first-order chi connectivity index (χ1) is 8.70. The topological polar surface area (TPSA) is 59.5 Å². The van der Waals surface area contributed by atoms with Crippen molar-refractivity contribution in [3.8, 4) is 5.75 Å². The molecule has 0 aromatic carbocycles. The molecule has 0 spiro atoms. The first-order valence-corrected chi connectivity index (χ1v) is 7.75. The molecule has 0 amide bonds. The highest BCUT2D eigenvalue weighted by Gasteiger charge is 2.35. The molecule has 106 valence electrons. The van der Waals surface area contributed by atoms with E-state index < -0.39 is 10.0 Å². The van der Waals surface area contributed by atoms with Crippen molar-refractivity contribution in [2.75, 3.05) is 13.1 Å². The van der Waals surface area contributed by atoms with Crippen molar-refractivity contribution < 1.29 is 13.2 Å². The highest BCUT2D eigenvalue weighted by molar-refractivity contribution is 7.89. The van der Waals surface area contributed by atoms with E-state index in [-0.39, 0.29) is 16.4 Å². The van der Waals surface area contributed by atoms with Gasteiger partial charge in [0.15, 0.2) is 0 Å². The Balaban J connectivity index is 2.48. The Kier molecular flexibility index (Phi) is 3.57. The van der Waals surface area contributed by atoms with Gasteiger partial charge in [-0.2, -0.15) is 4.31 Å². The molecule has 6 heteroatoms. The van der Waals surface area contributed by atoms with E-state index in [4.69, 9.17) is 4.74 Å². The molecule has 0 saturated heterocycles. The first kappa shape index (κ1) is 14.3. The molecule has 0 aliphatic carbocycles. The number of aromatic nitrogens is 1. The van der Waals surface area contributed by atoms with Crippen LogP contribution in [0.3, 0.4) is 0 Å². The molecule has 1 unspecified atom stereocenters. The van der Waals surface area contributed by atoms with E-state index in [0.29, 0.717) is 18.8 Å². The van der Waals surface area contributed by atoms with Crippen molar-refractivity contribution in [1.29, 1.82) is 0 Å². The lowest BCUT2D eigenvalue weighted by Gasteiger charge is -2.28. The maximum Gasteiger partial charge on any atom is 0.248 e. The van der Waals surface area contributed by atoms with Crippen LogP contribution in [-0.2, 0) is 10.0 Å². The van der Waals surface area contributed by atoms with Gasteiger partial charge in [0.25, 0.3) is 0 Å². The lowest BCUT2D eigenvalue weighted by molar-refractivity contribution is 0.174. The number of hydrogen-bond donors (Lipinski definition) is 0. The number of fused-ring (bicyclic) bond motifs is 1. The molecule has 1 atom stereocenters. The third kappa shape index (κ3) is 3.06. The summed E-state index contributed by atoms with van der Waals surface area (Å²) in [5.74, 6) is 0.388. The van der Waals surface area contributed by atoms with Gasteiger partial charge in [-0.15, -0.1) is 0 Å². The summed E-state index contributed by atoms with van der Waals surface area (Å²) in [6.07, 6.45) is 2.72. The molecule has 2 rings (SSSR count). The minimum atomic E-state index is -3.54. The predicted molar refractivity (Wildman–Crippen MR) is 72.5 cm³/mol. The average Bonchev–Trinajstić information content (AvgIpc) is 2.34. The van der Waals surface area contributed by atoms with Gasteiger partial charge in [0.1, 0.15) is 16.7 Å². The number of pyridine rings is 1. The van der Waals surface area contributed by atoms with E-state index in [0.717, 1.165) is 0 Å². The smallest absolute Gasteiger partial charge is 0.248 e. The SMILES string of the molecule is CC1CN(CC(C)(C)C)S(=O)(=O)c2cnccc2O1. The van der Waals surface area contributed by atoms with E-state index in [9.17, 15) is 8.42 Å². The maximum absolute atomic E-state index is 12.7. The maximum atomic E-state index is 12.7. The molecule has 1 aliphatic heterocycles. The van der Waals surface area contributed by atoms with Gasteiger partial charge in [0.05, 0.1) is 12.7 Å². The summed E-state index contributed by atoms with van der Waals surface area (Å²) in [4.78, 5) is 4.06. The molecule has 1 aromatic heterocycles. The third-order valence-corrected chi connectivity index (χ3v) is 4.62. The molecule has 0 N–H and O–H groups in total. The Labute approximate surface area is 114 Å². The zero-order valence-corrected chi connectivity index (χ0v) is 12.6. The molecule has 0 radical (unpaired) electrons. The molecule has 1 aromatic rings. The number of sulfonamides is 1. The fourth-order valence-corrected chi connectivity index (χ4v) is 3.92. The third-order valence-electron chi connectivity index (χ3n) is 2.80. The molecule has 1 aliphatic rings. The molecule has 0 bridgehead atoms. The first-order valence-electron chi connectivity index (χ1n) is 6.31. The van der Waals surface area contributed by atoms with Gasteiger partial charge in [-0.25, -0.2) is 8.42 Å². The summed E-state index contributed by atoms with van der Waals surface area (Å²) >= 11 is 0. The van der Waals surface area contributed by atoms with Crippen LogP contribution in [0.25, 0.3) is 0 Å². The van der Waals surface area contributed by atoms with E-state index in [1.165, 1.54) is 10.5 Å². The van der Waals surface area contributed by atoms with Crippen LogP contribution in [0.4, 0.5) is 0 Å². The summed E-state index contributed by atoms with van der Waals surface area (Å²) in [5.41, 5.74) is -0.112. The van der Waals surface area contributed by atoms with Crippen molar-refractivity contribution in [3.63, 3.8) is 0 Å². The molecular weight excluding hydrogens is 264 g/mol. The van der Waals surface area contributed by atoms with Gasteiger partial charge in [0, 0.05) is 12.7 Å². The van der Waals surface area contributed by atoms with Crippen LogP contribution in [0, 0.1) is 5.41 Å². The van der Waals surface area contributed by atoms with E-state index in [2.05, 4.69) is 4.98 Å². The molecule has 19 heavy (non-hydrogen) atoms. The Morgan fingerprint density at radius 1 is 1.47 bits per heavy atom. The number of nitrogens with zero attached hydrogens (tertiary/aromatic N) is 2. The van der Waals surface area contributed by atoms with Crippen LogP contribution >= 0.6 is 0 Å². The summed E-state index contributed by atoms with van der Waals surface area (Å²) < 4.78 is 32.5. The van der Waals surface area contributed by atoms with Gasteiger partial charge >= 0.3 is 0 Å². The second kappa shape index (κ2) is 4.76. The second-order valence-corrected chi connectivity index (χ2v) is 8.02. The molecular formula is C13H20N2O3S. The minimum absolute atomic E-state index is 0.112. The highest BCUT2D eigenvalue weighted by Crippen LogP contribution is 2.31. The van der Waals surface area contributed by atoms with E-state index in [1.54, 1.807) is 12.3 Å². The lowest BCUT2D eigenvalue weighted by Crippen LogP contribution is -2.41. The summed E-state index contributed by atoms with van der Waals surface area (Å²) in [6, 6.07) is 1.60. The summed E-state index contributed by atoms with van der Waals surface area (Å²) in [6.45, 7) is 8.74. The van der Waals surface area contributed by atoms with Crippen LogP contribution in [0.2, 0.25) is 0 Å². The van der Waals surface area contributed by atoms with Crippen molar-refractivity contribution >= 4 is 10.0 Å². The average molecular weight is 284 g/mol. The Morgan fingerprint density at radius 2 is 2.16 bits per heavy atom. The van der Waals surface area contributed by atoms with Crippen LogP contribution in [0.5, 0.6) is 5.75 Å². The fraction of sp³-hybridized carbons (Fsp3) is 0.615. The van der Waals surface area contributed by atoms with E-state index in [1.807, 2.05) is 27.7 Å². The monoisotopic (exact) mass is 284 g/mol. The highest BCUT2D eigenvalue weighted by atomic mass is 32.2. The molecule has 5 nitrogen and oxygen atoms in total. The Morgan fingerprint density at radius 3 is 2.79 bits per heavy atom. The summed E-state index contributed by atoms with van der Waals surface area (Å²) in [5, 5.41) is 0. The van der Waals surface area contributed by atoms with Crippen molar-refractivity contribution in [2.24, 2.45) is 5.41 Å². The van der Waals surface area contributed by atoms with Crippen molar-refractivity contribution in [2.45, 2.75) is 38.7 Å². The molecule has 0 saturated carbocycles. The van der Waals surface area contributed by atoms with Crippen LogP contribution in [-0.4, -0.2) is 36.9 Å². The van der Waals surface area contributed by atoms with Gasteiger partial charge < -0.3 is 4.74 Å².